The van der Waals surface area contributed by atoms with Gasteiger partial charge in [-0.3, -0.25) is 4.98 Å². The van der Waals surface area contributed by atoms with E-state index in [2.05, 4.69) is 55.5 Å². The zero-order chi connectivity index (χ0) is 14.4. The second-order valence-electron chi connectivity index (χ2n) is 5.53. The van der Waals surface area contributed by atoms with E-state index in [1.165, 1.54) is 36.6 Å². The van der Waals surface area contributed by atoms with Gasteiger partial charge in [-0.25, -0.2) is 0 Å². The van der Waals surface area contributed by atoms with Crippen LogP contribution in [0.25, 0.3) is 10.9 Å². The van der Waals surface area contributed by atoms with Gasteiger partial charge in [0.05, 0.1) is 5.52 Å². The second kappa shape index (κ2) is 7.39. The van der Waals surface area contributed by atoms with Crippen LogP contribution in [0.2, 0.25) is 0 Å². The molecule has 1 aromatic heterocycles. The van der Waals surface area contributed by atoms with Crippen LogP contribution in [0, 0.1) is 5.92 Å². The summed E-state index contributed by atoms with van der Waals surface area (Å²) in [6.45, 7) is 4.56. The lowest BCUT2D eigenvalue weighted by Gasteiger charge is -2.26. The van der Waals surface area contributed by atoms with Crippen LogP contribution < -0.4 is 5.32 Å². The number of nitrogens with one attached hydrogen (secondary N) is 1. The highest BCUT2D eigenvalue weighted by atomic mass is 14.9. The van der Waals surface area contributed by atoms with Crippen molar-refractivity contribution in [3.63, 3.8) is 0 Å². The number of aromatic nitrogens is 1. The average molecular weight is 270 g/mol. The molecule has 0 saturated heterocycles. The molecule has 2 atom stereocenters. The molecule has 2 nitrogen and oxygen atoms in total. The summed E-state index contributed by atoms with van der Waals surface area (Å²) in [6, 6.07) is 11.2. The minimum Gasteiger partial charge on any atom is -0.313 e. The third-order valence-corrected chi connectivity index (χ3v) is 4.22. The number of hydrogen-bond acceptors (Lipinski definition) is 2. The minimum atomic E-state index is 0.429. The predicted molar refractivity (Wildman–Crippen MR) is 86.8 cm³/mol. The van der Waals surface area contributed by atoms with E-state index >= 15 is 0 Å². The Morgan fingerprint density at radius 3 is 2.75 bits per heavy atom. The Morgan fingerprint density at radius 1 is 1.20 bits per heavy atom. The molecular formula is C18H26N2. The molecule has 0 saturated carbocycles. The topological polar surface area (TPSA) is 24.9 Å². The molecule has 2 unspecified atom stereocenters. The van der Waals surface area contributed by atoms with Crippen molar-refractivity contribution in [2.75, 3.05) is 7.05 Å². The highest BCUT2D eigenvalue weighted by molar-refractivity contribution is 5.79. The van der Waals surface area contributed by atoms with Crippen molar-refractivity contribution >= 4 is 10.9 Å². The molecule has 20 heavy (non-hydrogen) atoms. The molecule has 0 spiro atoms. The lowest BCUT2D eigenvalue weighted by Crippen LogP contribution is -2.25. The first kappa shape index (κ1) is 15.0. The molecule has 2 aromatic rings. The van der Waals surface area contributed by atoms with Crippen LogP contribution in [0.4, 0.5) is 0 Å². The van der Waals surface area contributed by atoms with Crippen LogP contribution in [-0.2, 0) is 0 Å². The van der Waals surface area contributed by atoms with Gasteiger partial charge in [0.25, 0.3) is 0 Å². The maximum Gasteiger partial charge on any atom is 0.0705 e. The van der Waals surface area contributed by atoms with Crippen LogP contribution in [0.3, 0.4) is 0 Å². The molecule has 2 heteroatoms. The summed E-state index contributed by atoms with van der Waals surface area (Å²) in [4.78, 5) is 4.48. The van der Waals surface area contributed by atoms with Gasteiger partial charge in [0.15, 0.2) is 0 Å². The lowest BCUT2D eigenvalue weighted by molar-refractivity contribution is 0.339. The Labute approximate surface area is 122 Å². The van der Waals surface area contributed by atoms with E-state index in [-0.39, 0.29) is 0 Å². The lowest BCUT2D eigenvalue weighted by atomic mass is 9.86. The van der Waals surface area contributed by atoms with E-state index in [0.29, 0.717) is 12.0 Å². The number of benzene rings is 1. The summed E-state index contributed by atoms with van der Waals surface area (Å²) in [7, 11) is 2.07. The number of fused-ring (bicyclic) bond motifs is 1. The van der Waals surface area contributed by atoms with Crippen molar-refractivity contribution in [1.29, 1.82) is 0 Å². The van der Waals surface area contributed by atoms with E-state index in [1.54, 1.807) is 0 Å². The largest absolute Gasteiger partial charge is 0.313 e. The van der Waals surface area contributed by atoms with Crippen molar-refractivity contribution < 1.29 is 0 Å². The molecule has 2 rings (SSSR count). The smallest absolute Gasteiger partial charge is 0.0705 e. The van der Waals surface area contributed by atoms with E-state index in [9.17, 15) is 0 Å². The van der Waals surface area contributed by atoms with Gasteiger partial charge in [0, 0.05) is 17.6 Å². The van der Waals surface area contributed by atoms with Crippen molar-refractivity contribution in [2.24, 2.45) is 5.92 Å². The van der Waals surface area contributed by atoms with Crippen molar-refractivity contribution in [1.82, 2.24) is 10.3 Å². The molecule has 0 amide bonds. The molecule has 0 aliphatic rings. The average Bonchev–Trinajstić information content (AvgIpc) is 2.51. The van der Waals surface area contributed by atoms with E-state index in [4.69, 9.17) is 0 Å². The summed E-state index contributed by atoms with van der Waals surface area (Å²) in [5.74, 6) is 0.695. The van der Waals surface area contributed by atoms with Crippen molar-refractivity contribution in [2.45, 2.75) is 45.6 Å². The van der Waals surface area contributed by atoms with Gasteiger partial charge in [-0.15, -0.1) is 0 Å². The zero-order valence-corrected chi connectivity index (χ0v) is 12.9. The van der Waals surface area contributed by atoms with Crippen LogP contribution >= 0.6 is 0 Å². The molecular weight excluding hydrogens is 244 g/mol. The Morgan fingerprint density at radius 2 is 2.05 bits per heavy atom. The number of unbranched alkanes of at least 4 members (excludes halogenated alkanes) is 1. The van der Waals surface area contributed by atoms with E-state index in [1.807, 2.05) is 12.3 Å². The number of pyridine rings is 1. The summed E-state index contributed by atoms with van der Waals surface area (Å²) in [6.07, 6.45) is 6.95. The van der Waals surface area contributed by atoms with Gasteiger partial charge in [-0.1, -0.05) is 51.3 Å². The summed E-state index contributed by atoms with van der Waals surface area (Å²) in [5, 5.41) is 4.73. The third kappa shape index (κ3) is 3.37. The van der Waals surface area contributed by atoms with Gasteiger partial charge < -0.3 is 5.32 Å². The van der Waals surface area contributed by atoms with Crippen LogP contribution in [-0.4, -0.2) is 12.0 Å². The highest BCUT2D eigenvalue weighted by Crippen LogP contribution is 2.30. The van der Waals surface area contributed by atoms with Crippen LogP contribution in [0.15, 0.2) is 36.5 Å². The van der Waals surface area contributed by atoms with Gasteiger partial charge in [0.2, 0.25) is 0 Å². The summed E-state index contributed by atoms with van der Waals surface area (Å²) < 4.78 is 0. The van der Waals surface area contributed by atoms with Crippen LogP contribution in [0.1, 0.15) is 51.1 Å². The fourth-order valence-electron chi connectivity index (χ4n) is 3.02. The van der Waals surface area contributed by atoms with Gasteiger partial charge in [-0.05, 0) is 37.1 Å². The number of nitrogens with zero attached hydrogens (tertiary/aromatic N) is 1. The standard InChI is InChI=1S/C18H26N2/c1-4-6-8-14(5-2)18(19-3)16-11-10-15-9-7-12-20-17(15)13-16/h7,9-14,18-19H,4-6,8H2,1-3H3. The number of hydrogen-bond donors (Lipinski definition) is 1. The van der Waals surface area contributed by atoms with E-state index in [0.717, 1.165) is 5.52 Å². The Balaban J connectivity index is 2.27. The Bertz CT molecular complexity index is 536. The van der Waals surface area contributed by atoms with Gasteiger partial charge >= 0.3 is 0 Å². The van der Waals surface area contributed by atoms with Crippen molar-refractivity contribution in [3.8, 4) is 0 Å². The molecule has 0 fully saturated rings. The normalized spacial score (nSPS) is 14.3. The minimum absolute atomic E-state index is 0.429. The number of rotatable bonds is 7. The maximum absolute atomic E-state index is 4.48. The fraction of sp³-hybridized carbons (Fsp3) is 0.500. The zero-order valence-electron chi connectivity index (χ0n) is 12.9. The molecule has 0 bridgehead atoms. The molecule has 1 heterocycles. The molecule has 0 radical (unpaired) electrons. The second-order valence-corrected chi connectivity index (χ2v) is 5.53. The molecule has 1 N–H and O–H groups in total. The van der Waals surface area contributed by atoms with Crippen molar-refractivity contribution in [3.05, 3.63) is 42.1 Å². The first-order valence-electron chi connectivity index (χ1n) is 7.82. The molecule has 0 aliphatic heterocycles. The Hall–Kier alpha value is -1.41. The van der Waals surface area contributed by atoms with Gasteiger partial charge in [0.1, 0.15) is 0 Å². The monoisotopic (exact) mass is 270 g/mol. The molecule has 108 valence electrons. The third-order valence-electron chi connectivity index (χ3n) is 4.22. The molecule has 0 aliphatic carbocycles. The summed E-state index contributed by atoms with van der Waals surface area (Å²) in [5.41, 5.74) is 2.46. The highest BCUT2D eigenvalue weighted by Gasteiger charge is 2.20. The predicted octanol–water partition coefficient (Wildman–Crippen LogP) is 4.71. The fourth-order valence-corrected chi connectivity index (χ4v) is 3.02. The first-order valence-corrected chi connectivity index (χ1v) is 7.82. The maximum atomic E-state index is 4.48. The summed E-state index contributed by atoms with van der Waals surface area (Å²) >= 11 is 0. The van der Waals surface area contributed by atoms with Crippen LogP contribution in [0.5, 0.6) is 0 Å². The quantitative estimate of drug-likeness (QED) is 0.788. The van der Waals surface area contributed by atoms with Gasteiger partial charge in [-0.2, -0.15) is 0 Å². The first-order chi connectivity index (χ1) is 9.80. The SMILES string of the molecule is CCCCC(CC)C(NC)c1ccc2cccnc2c1. The Kier molecular flexibility index (Phi) is 5.54. The van der Waals surface area contributed by atoms with E-state index < -0.39 is 0 Å². The molecule has 1 aromatic carbocycles.